The zero-order valence-electron chi connectivity index (χ0n) is 11.8. The molecule has 2 bridgehead atoms. The van der Waals surface area contributed by atoms with E-state index < -0.39 is 23.0 Å². The molecule has 1 N–H and O–H groups in total. The minimum absolute atomic E-state index is 0.292. The van der Waals surface area contributed by atoms with Crippen molar-refractivity contribution in [2.45, 2.75) is 18.1 Å². The quantitative estimate of drug-likeness (QED) is 0.663. The Morgan fingerprint density at radius 3 is 2.45 bits per heavy atom. The summed E-state index contributed by atoms with van der Waals surface area (Å²) < 4.78 is 5.86. The molecule has 4 rings (SSSR count). The Morgan fingerprint density at radius 1 is 1.18 bits per heavy atom. The molecule has 1 aromatic carbocycles. The predicted molar refractivity (Wildman–Crippen MR) is 79.4 cm³/mol. The number of anilines is 1. The van der Waals surface area contributed by atoms with Gasteiger partial charge in [-0.05, 0) is 31.2 Å². The van der Waals surface area contributed by atoms with Crippen LogP contribution in [0.15, 0.2) is 36.4 Å². The number of ether oxygens (including phenoxy) is 1. The number of carbonyl (C=O) groups excluding carboxylic acids is 2. The molecule has 0 spiro atoms. The summed E-state index contributed by atoms with van der Waals surface area (Å²) in [6.07, 6.45) is 3.49. The van der Waals surface area contributed by atoms with Gasteiger partial charge in [-0.1, -0.05) is 23.8 Å². The number of amides is 2. The average Bonchev–Trinajstić information content (AvgIpc) is 3.07. The van der Waals surface area contributed by atoms with Crippen molar-refractivity contribution in [1.29, 1.82) is 0 Å². The molecule has 5 nitrogen and oxygen atoms in total. The summed E-state index contributed by atoms with van der Waals surface area (Å²) in [6, 6.07) is 6.56. The first-order chi connectivity index (χ1) is 10.4. The highest BCUT2D eigenvalue weighted by Gasteiger charge is 2.72. The molecule has 3 aliphatic rings. The third-order valence-corrected chi connectivity index (χ3v) is 5.14. The maximum absolute atomic E-state index is 12.8. The van der Waals surface area contributed by atoms with Crippen LogP contribution < -0.4 is 4.90 Å². The molecule has 2 saturated heterocycles. The fraction of sp³-hybridized carbons (Fsp3) is 0.375. The number of carbonyl (C=O) groups is 2. The number of aliphatic hydroxyl groups excluding tert-OH is 1. The van der Waals surface area contributed by atoms with Gasteiger partial charge < -0.3 is 9.84 Å². The maximum atomic E-state index is 12.8. The molecule has 6 heteroatoms. The Bertz CT molecular complexity index is 715. The molecule has 2 amide bonds. The molecular weight excluding hydrogens is 306 g/mol. The molecule has 4 atom stereocenters. The average molecular weight is 320 g/mol. The molecule has 22 heavy (non-hydrogen) atoms. The van der Waals surface area contributed by atoms with Crippen LogP contribution in [0.3, 0.4) is 0 Å². The Morgan fingerprint density at radius 2 is 1.82 bits per heavy atom. The normalized spacial score (nSPS) is 39.0. The van der Waals surface area contributed by atoms with E-state index in [0.29, 0.717) is 10.7 Å². The summed E-state index contributed by atoms with van der Waals surface area (Å²) in [5, 5.41) is 10.3. The van der Waals surface area contributed by atoms with Crippen LogP contribution >= 0.6 is 11.6 Å². The van der Waals surface area contributed by atoms with Crippen LogP contribution in [-0.4, -0.2) is 34.7 Å². The van der Waals surface area contributed by atoms with Gasteiger partial charge in [0.2, 0.25) is 11.8 Å². The second kappa shape index (κ2) is 4.19. The third kappa shape index (κ3) is 1.51. The topological polar surface area (TPSA) is 66.8 Å². The molecule has 0 aliphatic carbocycles. The molecule has 114 valence electrons. The first-order valence-electron chi connectivity index (χ1n) is 7.07. The fourth-order valence-electron chi connectivity index (χ4n) is 3.89. The summed E-state index contributed by atoms with van der Waals surface area (Å²) >= 11 is 5.86. The lowest BCUT2D eigenvalue weighted by molar-refractivity contribution is -0.131. The second-order valence-corrected chi connectivity index (χ2v) is 6.61. The van der Waals surface area contributed by atoms with Crippen molar-refractivity contribution in [1.82, 2.24) is 0 Å². The van der Waals surface area contributed by atoms with Gasteiger partial charge >= 0.3 is 0 Å². The number of hydrogen-bond acceptors (Lipinski definition) is 4. The maximum Gasteiger partial charge on any atom is 0.241 e. The third-order valence-electron chi connectivity index (χ3n) is 4.89. The van der Waals surface area contributed by atoms with Crippen molar-refractivity contribution in [3.8, 4) is 0 Å². The monoisotopic (exact) mass is 319 g/mol. The van der Waals surface area contributed by atoms with Gasteiger partial charge in [-0.15, -0.1) is 0 Å². The van der Waals surface area contributed by atoms with E-state index in [4.69, 9.17) is 16.3 Å². The van der Waals surface area contributed by atoms with E-state index in [2.05, 4.69) is 0 Å². The highest BCUT2D eigenvalue weighted by molar-refractivity contribution is 6.31. The number of halogens is 1. The van der Waals surface area contributed by atoms with E-state index in [1.807, 2.05) is 0 Å². The SMILES string of the molecule is C[C@@]12C=C[C@@](CO)(O1)[C@@H]1C(=O)N(c3ccc(Cl)cc3)C(=O)[C@H]12. The molecule has 0 aromatic heterocycles. The van der Waals surface area contributed by atoms with Crippen molar-refractivity contribution >= 4 is 29.1 Å². The van der Waals surface area contributed by atoms with Crippen LogP contribution in [0.5, 0.6) is 0 Å². The number of rotatable bonds is 2. The Kier molecular flexibility index (Phi) is 2.65. The van der Waals surface area contributed by atoms with Crippen molar-refractivity contribution in [2.24, 2.45) is 11.8 Å². The lowest BCUT2D eigenvalue weighted by atomic mass is 9.73. The van der Waals surface area contributed by atoms with E-state index in [1.165, 1.54) is 4.90 Å². The Balaban J connectivity index is 1.80. The largest absolute Gasteiger partial charge is 0.393 e. The van der Waals surface area contributed by atoms with Crippen LogP contribution in [0.25, 0.3) is 0 Å². The highest BCUT2D eigenvalue weighted by Crippen LogP contribution is 2.57. The van der Waals surface area contributed by atoms with E-state index in [9.17, 15) is 14.7 Å². The summed E-state index contributed by atoms with van der Waals surface area (Å²) in [5.41, 5.74) is -1.45. The van der Waals surface area contributed by atoms with Crippen molar-refractivity contribution < 1.29 is 19.4 Å². The van der Waals surface area contributed by atoms with Crippen LogP contribution in [0.4, 0.5) is 5.69 Å². The van der Waals surface area contributed by atoms with Gasteiger partial charge in [-0.3, -0.25) is 9.59 Å². The van der Waals surface area contributed by atoms with Crippen LogP contribution in [-0.2, 0) is 14.3 Å². The van der Waals surface area contributed by atoms with Gasteiger partial charge in [0.25, 0.3) is 0 Å². The van der Waals surface area contributed by atoms with Gasteiger partial charge in [0.05, 0.1) is 29.7 Å². The lowest BCUT2D eigenvalue weighted by Gasteiger charge is -2.26. The van der Waals surface area contributed by atoms with Crippen LogP contribution in [0.1, 0.15) is 6.92 Å². The van der Waals surface area contributed by atoms with E-state index in [1.54, 1.807) is 43.3 Å². The number of benzene rings is 1. The number of fused-ring (bicyclic) bond motifs is 5. The standard InChI is InChI=1S/C16H14ClNO4/c1-15-6-7-16(8-19,22-15)12-11(15)13(20)18(14(12)21)10-4-2-9(17)3-5-10/h2-7,11-12,19H,8H2,1H3/t11-,12-,15-,16-/m0/s1. The van der Waals surface area contributed by atoms with Gasteiger partial charge in [-0.2, -0.15) is 0 Å². The minimum Gasteiger partial charge on any atom is -0.393 e. The molecule has 3 heterocycles. The van der Waals surface area contributed by atoms with Gasteiger partial charge in [0, 0.05) is 5.02 Å². The van der Waals surface area contributed by atoms with Gasteiger partial charge in [-0.25, -0.2) is 4.90 Å². The summed E-state index contributed by atoms with van der Waals surface area (Å²) in [6.45, 7) is 1.45. The Labute approximate surface area is 132 Å². The molecule has 1 aromatic rings. The predicted octanol–water partition coefficient (Wildman–Crippen LogP) is 1.54. The van der Waals surface area contributed by atoms with Crippen LogP contribution in [0.2, 0.25) is 5.02 Å². The molecular formula is C16H14ClNO4. The summed E-state index contributed by atoms with van der Waals surface area (Å²) in [5.74, 6) is -1.91. The van der Waals surface area contributed by atoms with Crippen LogP contribution in [0, 0.1) is 11.8 Å². The zero-order valence-corrected chi connectivity index (χ0v) is 12.6. The lowest BCUT2D eigenvalue weighted by Crippen LogP contribution is -2.43. The number of nitrogens with zero attached hydrogens (tertiary/aromatic N) is 1. The first-order valence-corrected chi connectivity index (χ1v) is 7.44. The molecule has 0 saturated carbocycles. The summed E-state index contributed by atoms with van der Waals surface area (Å²) in [4.78, 5) is 26.8. The summed E-state index contributed by atoms with van der Waals surface area (Å²) in [7, 11) is 0. The molecule has 0 radical (unpaired) electrons. The number of aliphatic hydroxyl groups is 1. The second-order valence-electron chi connectivity index (χ2n) is 6.18. The van der Waals surface area contributed by atoms with Crippen molar-refractivity contribution in [3.05, 3.63) is 41.4 Å². The van der Waals surface area contributed by atoms with Gasteiger partial charge in [0.15, 0.2) is 0 Å². The first kappa shape index (κ1) is 13.9. The number of imide groups is 1. The smallest absolute Gasteiger partial charge is 0.241 e. The van der Waals surface area contributed by atoms with Crippen molar-refractivity contribution in [3.63, 3.8) is 0 Å². The molecule has 2 fully saturated rings. The zero-order chi connectivity index (χ0) is 15.7. The minimum atomic E-state index is -1.09. The molecule has 0 unspecified atom stereocenters. The van der Waals surface area contributed by atoms with E-state index in [-0.39, 0.29) is 18.4 Å². The van der Waals surface area contributed by atoms with Gasteiger partial charge in [0.1, 0.15) is 5.60 Å². The number of hydrogen-bond donors (Lipinski definition) is 1. The van der Waals surface area contributed by atoms with Crippen molar-refractivity contribution in [2.75, 3.05) is 11.5 Å². The van der Waals surface area contributed by atoms with E-state index >= 15 is 0 Å². The highest BCUT2D eigenvalue weighted by atomic mass is 35.5. The molecule has 3 aliphatic heterocycles. The van der Waals surface area contributed by atoms with E-state index in [0.717, 1.165) is 0 Å². The fourth-order valence-corrected chi connectivity index (χ4v) is 4.01. The Hall–Kier alpha value is -1.69.